The molecule has 3 heterocycles. The first-order chi connectivity index (χ1) is 15.3. The monoisotopic (exact) mass is 420 g/mol. The highest BCUT2D eigenvalue weighted by atomic mass is 16.5. The number of rotatable bonds is 6. The Kier molecular flexibility index (Phi) is 6.27. The smallest absolute Gasteiger partial charge is 0.274 e. The van der Waals surface area contributed by atoms with Gasteiger partial charge in [0.1, 0.15) is 5.69 Å². The third-order valence-electron chi connectivity index (χ3n) is 7.19. The molecule has 6 nitrogen and oxygen atoms in total. The van der Waals surface area contributed by atoms with Crippen molar-refractivity contribution in [2.45, 2.75) is 50.7 Å². The number of carbonyl (C=O) groups is 1. The van der Waals surface area contributed by atoms with Crippen LogP contribution in [0, 0.1) is 5.92 Å². The third-order valence-corrected chi connectivity index (χ3v) is 7.19. The van der Waals surface area contributed by atoms with Gasteiger partial charge in [-0.3, -0.25) is 14.7 Å². The highest BCUT2D eigenvalue weighted by Gasteiger charge is 2.32. The summed E-state index contributed by atoms with van der Waals surface area (Å²) in [7, 11) is 0. The topological polar surface area (TPSA) is 58.6 Å². The number of aromatic nitrogens is 2. The van der Waals surface area contributed by atoms with Gasteiger partial charge in [-0.15, -0.1) is 0 Å². The minimum absolute atomic E-state index is 0.0164. The Hall–Kier alpha value is -2.31. The van der Waals surface area contributed by atoms with Gasteiger partial charge in [0.05, 0.1) is 12.3 Å². The van der Waals surface area contributed by atoms with Crippen LogP contribution in [0.4, 0.5) is 0 Å². The number of benzene rings is 1. The molecule has 0 N–H and O–H groups in total. The van der Waals surface area contributed by atoms with Crippen LogP contribution >= 0.6 is 0 Å². The van der Waals surface area contributed by atoms with E-state index in [1.165, 1.54) is 24.0 Å². The molecule has 3 aliphatic rings. The first-order valence-electron chi connectivity index (χ1n) is 11.7. The maximum atomic E-state index is 13.2. The van der Waals surface area contributed by atoms with Crippen LogP contribution in [0.3, 0.4) is 0 Å². The van der Waals surface area contributed by atoms with E-state index in [1.54, 1.807) is 18.6 Å². The Bertz CT molecular complexity index is 851. The molecule has 2 aromatic rings. The second-order valence-electron chi connectivity index (χ2n) is 9.25. The lowest BCUT2D eigenvalue weighted by Gasteiger charge is -2.38. The number of likely N-dealkylation sites (tertiary alicyclic amines) is 1. The number of hydrogen-bond donors (Lipinski definition) is 0. The molecule has 2 aliphatic heterocycles. The summed E-state index contributed by atoms with van der Waals surface area (Å²) in [6.07, 6.45) is 11.7. The number of ether oxygens (including phenoxy) is 1. The Labute approximate surface area is 184 Å². The molecule has 1 atom stereocenters. The predicted molar refractivity (Wildman–Crippen MR) is 119 cm³/mol. The Balaban J connectivity index is 1.19. The van der Waals surface area contributed by atoms with Gasteiger partial charge in [-0.1, -0.05) is 24.3 Å². The van der Waals surface area contributed by atoms with Crippen LogP contribution in [0.2, 0.25) is 0 Å². The molecule has 0 bridgehead atoms. The highest BCUT2D eigenvalue weighted by Crippen LogP contribution is 2.29. The van der Waals surface area contributed by atoms with E-state index >= 15 is 0 Å². The summed E-state index contributed by atoms with van der Waals surface area (Å²) in [5, 5.41) is 0. The molecule has 2 fully saturated rings. The average Bonchev–Trinajstić information content (AvgIpc) is 3.49. The number of piperidine rings is 1. The lowest BCUT2D eigenvalue weighted by Crippen LogP contribution is -2.46. The summed E-state index contributed by atoms with van der Waals surface area (Å²) in [4.78, 5) is 26.2. The van der Waals surface area contributed by atoms with Crippen LogP contribution in [0.15, 0.2) is 42.9 Å². The summed E-state index contributed by atoms with van der Waals surface area (Å²) < 4.78 is 5.84. The van der Waals surface area contributed by atoms with Crippen LogP contribution in [0.25, 0.3) is 0 Å². The molecule has 0 spiro atoms. The zero-order valence-corrected chi connectivity index (χ0v) is 18.2. The maximum absolute atomic E-state index is 13.2. The molecule has 2 saturated heterocycles. The fraction of sp³-hybridized carbons (Fsp3) is 0.560. The molecule has 164 valence electrons. The molecule has 0 unspecified atom stereocenters. The van der Waals surface area contributed by atoms with Crippen molar-refractivity contribution in [3.8, 4) is 0 Å². The number of amides is 1. The molecule has 1 aromatic heterocycles. The van der Waals surface area contributed by atoms with Gasteiger partial charge in [-0.2, -0.15) is 0 Å². The van der Waals surface area contributed by atoms with E-state index < -0.39 is 0 Å². The van der Waals surface area contributed by atoms with Crippen molar-refractivity contribution in [2.75, 3.05) is 32.8 Å². The first kappa shape index (κ1) is 20.6. The van der Waals surface area contributed by atoms with Gasteiger partial charge in [0, 0.05) is 38.1 Å². The standard InChI is InChI=1S/C25H32N4O2/c30-25(24-16-26-9-10-27-24)29(18-23-6-3-13-31-23)17-19-7-11-28(12-8-19)22-14-20-4-1-2-5-21(20)15-22/h1-2,4-5,9-10,16,19,22-23H,3,6-8,11-15,17-18H2/t23-/m1/s1. The van der Waals surface area contributed by atoms with Crippen molar-refractivity contribution in [3.63, 3.8) is 0 Å². The largest absolute Gasteiger partial charge is 0.376 e. The SMILES string of the molecule is O=C(c1cnccn1)N(CC1CCN(C2Cc3ccccc3C2)CC1)C[C@H]1CCCO1. The predicted octanol–water partition coefficient (Wildman–Crippen LogP) is 2.98. The number of carbonyl (C=O) groups excluding carboxylic acids is 1. The van der Waals surface area contributed by atoms with Gasteiger partial charge in [0.2, 0.25) is 0 Å². The van der Waals surface area contributed by atoms with Crippen molar-refractivity contribution in [1.82, 2.24) is 19.8 Å². The van der Waals surface area contributed by atoms with Crippen LogP contribution in [0.5, 0.6) is 0 Å². The van der Waals surface area contributed by atoms with Crippen LogP contribution in [-0.2, 0) is 17.6 Å². The van der Waals surface area contributed by atoms with Gasteiger partial charge in [-0.25, -0.2) is 4.98 Å². The molecule has 1 aromatic carbocycles. The average molecular weight is 421 g/mol. The van der Waals surface area contributed by atoms with E-state index in [1.807, 2.05) is 4.90 Å². The van der Waals surface area contributed by atoms with Gasteiger partial charge in [-0.05, 0) is 68.7 Å². The molecule has 0 saturated carbocycles. The van der Waals surface area contributed by atoms with Crippen LogP contribution in [0.1, 0.15) is 47.3 Å². The molecule has 1 amide bonds. The summed E-state index contributed by atoms with van der Waals surface area (Å²) >= 11 is 0. The van der Waals surface area contributed by atoms with Crippen molar-refractivity contribution < 1.29 is 9.53 Å². The summed E-state index contributed by atoms with van der Waals surface area (Å²) in [6, 6.07) is 9.52. The van der Waals surface area contributed by atoms with Crippen molar-refractivity contribution in [1.29, 1.82) is 0 Å². The fourth-order valence-corrected chi connectivity index (χ4v) is 5.45. The number of nitrogens with zero attached hydrogens (tertiary/aromatic N) is 4. The summed E-state index contributed by atoms with van der Waals surface area (Å²) in [6.45, 7) is 4.49. The maximum Gasteiger partial charge on any atom is 0.274 e. The fourth-order valence-electron chi connectivity index (χ4n) is 5.45. The normalized spacial score (nSPS) is 22.5. The lowest BCUT2D eigenvalue weighted by molar-refractivity contribution is 0.0425. The van der Waals surface area contributed by atoms with Crippen molar-refractivity contribution >= 4 is 5.91 Å². The van der Waals surface area contributed by atoms with Gasteiger partial charge in [0.25, 0.3) is 5.91 Å². The quantitative estimate of drug-likeness (QED) is 0.719. The van der Waals surface area contributed by atoms with E-state index in [-0.39, 0.29) is 12.0 Å². The molecule has 1 aliphatic carbocycles. The van der Waals surface area contributed by atoms with Crippen molar-refractivity contribution in [3.05, 3.63) is 59.7 Å². The minimum atomic E-state index is -0.0164. The molecule has 31 heavy (non-hydrogen) atoms. The molecular weight excluding hydrogens is 388 g/mol. The number of hydrogen-bond acceptors (Lipinski definition) is 5. The third kappa shape index (κ3) is 4.80. The first-order valence-corrected chi connectivity index (χ1v) is 11.7. The molecule has 6 heteroatoms. The molecular formula is C25H32N4O2. The highest BCUT2D eigenvalue weighted by molar-refractivity contribution is 5.92. The zero-order valence-electron chi connectivity index (χ0n) is 18.2. The Morgan fingerprint density at radius 1 is 1.06 bits per heavy atom. The van der Waals surface area contributed by atoms with E-state index in [9.17, 15) is 4.79 Å². The van der Waals surface area contributed by atoms with Gasteiger partial charge in [0.15, 0.2) is 0 Å². The molecule has 5 rings (SSSR count). The number of fused-ring (bicyclic) bond motifs is 1. The second kappa shape index (κ2) is 9.45. The van der Waals surface area contributed by atoms with E-state index in [0.29, 0.717) is 24.2 Å². The zero-order chi connectivity index (χ0) is 21.0. The van der Waals surface area contributed by atoms with Crippen LogP contribution < -0.4 is 0 Å². The van der Waals surface area contributed by atoms with E-state index in [2.05, 4.69) is 39.1 Å². The lowest BCUT2D eigenvalue weighted by atomic mass is 9.94. The van der Waals surface area contributed by atoms with Gasteiger partial charge >= 0.3 is 0 Å². The van der Waals surface area contributed by atoms with E-state index in [0.717, 1.165) is 51.9 Å². The van der Waals surface area contributed by atoms with Crippen LogP contribution in [-0.4, -0.2) is 70.6 Å². The van der Waals surface area contributed by atoms with E-state index in [4.69, 9.17) is 4.74 Å². The van der Waals surface area contributed by atoms with Gasteiger partial charge < -0.3 is 9.64 Å². The Morgan fingerprint density at radius 3 is 2.48 bits per heavy atom. The minimum Gasteiger partial charge on any atom is -0.376 e. The Morgan fingerprint density at radius 2 is 1.84 bits per heavy atom. The second-order valence-corrected chi connectivity index (χ2v) is 9.25. The summed E-state index contributed by atoms with van der Waals surface area (Å²) in [5.41, 5.74) is 3.47. The molecule has 0 radical (unpaired) electrons. The van der Waals surface area contributed by atoms with Crippen molar-refractivity contribution in [2.24, 2.45) is 5.92 Å². The summed E-state index contributed by atoms with van der Waals surface area (Å²) in [5.74, 6) is 0.513.